The number of methoxy groups -OCH3 is 1. The van der Waals surface area contributed by atoms with Gasteiger partial charge >= 0.3 is 6.03 Å². The van der Waals surface area contributed by atoms with Crippen LogP contribution < -0.4 is 14.8 Å². The van der Waals surface area contributed by atoms with Gasteiger partial charge in [0.15, 0.2) is 11.5 Å². The number of hydrogen-bond acceptors (Lipinski definition) is 5. The van der Waals surface area contributed by atoms with Crippen molar-refractivity contribution in [2.75, 3.05) is 20.3 Å². The fourth-order valence-electron chi connectivity index (χ4n) is 3.49. The van der Waals surface area contributed by atoms with E-state index in [0.29, 0.717) is 17.1 Å². The van der Waals surface area contributed by atoms with E-state index in [2.05, 4.69) is 5.32 Å². The van der Waals surface area contributed by atoms with E-state index in [-0.39, 0.29) is 13.2 Å². The normalized spacial score (nSPS) is 19.6. The summed E-state index contributed by atoms with van der Waals surface area (Å²) >= 11 is 0. The maximum atomic E-state index is 13.0. The van der Waals surface area contributed by atoms with Crippen molar-refractivity contribution < 1.29 is 24.2 Å². The van der Waals surface area contributed by atoms with Gasteiger partial charge in [-0.2, -0.15) is 0 Å². The number of carbonyl (C=O) groups is 2. The maximum Gasteiger partial charge on any atom is 0.325 e. The summed E-state index contributed by atoms with van der Waals surface area (Å²) < 4.78 is 11.0. The third-order valence-corrected chi connectivity index (χ3v) is 5.28. The number of ether oxygens (including phenoxy) is 2. The molecule has 1 saturated heterocycles. The lowest BCUT2D eigenvalue weighted by atomic mass is 9.91. The van der Waals surface area contributed by atoms with E-state index in [0.717, 1.165) is 16.0 Å². The Hall–Kier alpha value is -3.32. The molecule has 0 radical (unpaired) electrons. The second-order valence-corrected chi connectivity index (χ2v) is 7.71. The van der Waals surface area contributed by atoms with Crippen LogP contribution in [0.2, 0.25) is 0 Å². The molecule has 0 aliphatic carbocycles. The van der Waals surface area contributed by atoms with E-state index in [9.17, 15) is 14.7 Å². The van der Waals surface area contributed by atoms with Crippen LogP contribution in [0, 0.1) is 6.92 Å². The topological polar surface area (TPSA) is 88.1 Å². The molecule has 0 bridgehead atoms. The molecule has 7 heteroatoms. The Morgan fingerprint density at radius 3 is 2.52 bits per heavy atom. The van der Waals surface area contributed by atoms with Gasteiger partial charge < -0.3 is 19.9 Å². The van der Waals surface area contributed by atoms with Crippen LogP contribution in [0.3, 0.4) is 0 Å². The number of rotatable bonds is 8. The third-order valence-electron chi connectivity index (χ3n) is 5.28. The van der Waals surface area contributed by atoms with Gasteiger partial charge in [-0.25, -0.2) is 4.79 Å². The van der Waals surface area contributed by atoms with E-state index >= 15 is 0 Å². The van der Waals surface area contributed by atoms with E-state index in [4.69, 9.17) is 9.47 Å². The highest BCUT2D eigenvalue weighted by atomic mass is 16.5. The minimum Gasteiger partial charge on any atom is -0.493 e. The number of imide groups is 1. The number of benzene rings is 2. The molecule has 2 atom stereocenters. The number of nitrogens with zero attached hydrogens (tertiary/aromatic N) is 1. The lowest BCUT2D eigenvalue weighted by Gasteiger charge is -2.23. The van der Waals surface area contributed by atoms with Crippen LogP contribution in [0.15, 0.2) is 48.5 Å². The molecular weight excluding hydrogens is 396 g/mol. The second kappa shape index (κ2) is 9.22. The standard InChI is InChI=1S/C24H28N2O5/c1-5-6-17-9-12-20(21(13-17)30-4)31-15-19(27)14-26-22(28)24(3,25-23(26)29)18-10-7-16(2)8-11-18/h5-13,19,27H,14-15H2,1-4H3,(H,25,29)/b6-5+. The average molecular weight is 424 g/mol. The Balaban J connectivity index is 1.65. The van der Waals surface area contributed by atoms with Crippen molar-refractivity contribution in [3.8, 4) is 11.5 Å². The van der Waals surface area contributed by atoms with Crippen LogP contribution >= 0.6 is 0 Å². The van der Waals surface area contributed by atoms with Gasteiger partial charge in [-0.1, -0.05) is 48.0 Å². The quantitative estimate of drug-likeness (QED) is 0.635. The molecule has 0 saturated carbocycles. The molecule has 1 aliphatic rings. The monoisotopic (exact) mass is 424 g/mol. The Bertz CT molecular complexity index is 986. The van der Waals surface area contributed by atoms with E-state index < -0.39 is 23.6 Å². The van der Waals surface area contributed by atoms with Crippen LogP contribution in [-0.2, 0) is 10.3 Å². The lowest BCUT2D eigenvalue weighted by molar-refractivity contribution is -0.132. The van der Waals surface area contributed by atoms with Crippen molar-refractivity contribution >= 4 is 18.0 Å². The van der Waals surface area contributed by atoms with E-state index in [1.165, 1.54) is 7.11 Å². The van der Waals surface area contributed by atoms with Gasteiger partial charge in [-0.15, -0.1) is 0 Å². The van der Waals surface area contributed by atoms with Crippen LogP contribution in [0.5, 0.6) is 11.5 Å². The predicted octanol–water partition coefficient (Wildman–Crippen LogP) is 3.24. The molecule has 0 spiro atoms. The molecular formula is C24H28N2O5. The number of aryl methyl sites for hydroxylation is 1. The molecule has 1 heterocycles. The zero-order valence-electron chi connectivity index (χ0n) is 18.2. The minimum atomic E-state index is -1.17. The molecule has 3 amide bonds. The fourth-order valence-corrected chi connectivity index (χ4v) is 3.49. The van der Waals surface area contributed by atoms with Crippen LogP contribution in [0.1, 0.15) is 30.5 Å². The molecule has 164 valence electrons. The predicted molar refractivity (Wildman–Crippen MR) is 118 cm³/mol. The summed E-state index contributed by atoms with van der Waals surface area (Å²) in [6, 6.07) is 12.3. The van der Waals surface area contributed by atoms with E-state index in [1.807, 2.05) is 62.4 Å². The number of aliphatic hydroxyl groups excluding tert-OH is 1. The first kappa shape index (κ1) is 22.4. The van der Waals surface area contributed by atoms with Crippen molar-refractivity contribution in [2.24, 2.45) is 0 Å². The van der Waals surface area contributed by atoms with Gasteiger partial charge in [0.1, 0.15) is 18.2 Å². The van der Waals surface area contributed by atoms with Crippen molar-refractivity contribution in [2.45, 2.75) is 32.4 Å². The number of allylic oxidation sites excluding steroid dienone is 1. The summed E-state index contributed by atoms with van der Waals surface area (Å²) in [6.07, 6.45) is 2.79. The summed E-state index contributed by atoms with van der Waals surface area (Å²) in [7, 11) is 1.54. The molecule has 1 fully saturated rings. The summed E-state index contributed by atoms with van der Waals surface area (Å²) in [4.78, 5) is 26.5. The van der Waals surface area contributed by atoms with Gasteiger partial charge in [-0.05, 0) is 44.0 Å². The fraction of sp³-hybridized carbons (Fsp3) is 0.333. The zero-order valence-corrected chi connectivity index (χ0v) is 18.2. The average Bonchev–Trinajstić information content (AvgIpc) is 2.97. The number of carbonyl (C=O) groups excluding carboxylic acids is 2. The highest BCUT2D eigenvalue weighted by molar-refractivity contribution is 6.07. The molecule has 2 aromatic rings. The van der Waals surface area contributed by atoms with Crippen LogP contribution in [0.25, 0.3) is 6.08 Å². The van der Waals surface area contributed by atoms with Gasteiger partial charge in [0.25, 0.3) is 5.91 Å². The van der Waals surface area contributed by atoms with Crippen molar-refractivity contribution in [3.05, 3.63) is 65.2 Å². The molecule has 2 unspecified atom stereocenters. The zero-order chi connectivity index (χ0) is 22.6. The Morgan fingerprint density at radius 2 is 1.87 bits per heavy atom. The summed E-state index contributed by atoms with van der Waals surface area (Å²) in [5.41, 5.74) is 1.54. The smallest absolute Gasteiger partial charge is 0.325 e. The highest BCUT2D eigenvalue weighted by Crippen LogP contribution is 2.30. The molecule has 2 aromatic carbocycles. The van der Waals surface area contributed by atoms with Gasteiger partial charge in [0, 0.05) is 0 Å². The first-order chi connectivity index (χ1) is 14.8. The van der Waals surface area contributed by atoms with Crippen molar-refractivity contribution in [1.29, 1.82) is 0 Å². The third kappa shape index (κ3) is 4.72. The van der Waals surface area contributed by atoms with Crippen molar-refractivity contribution in [1.82, 2.24) is 10.2 Å². The van der Waals surface area contributed by atoms with E-state index in [1.54, 1.807) is 13.0 Å². The minimum absolute atomic E-state index is 0.0996. The summed E-state index contributed by atoms with van der Waals surface area (Å²) in [6.45, 7) is 5.26. The Labute approximate surface area is 182 Å². The van der Waals surface area contributed by atoms with Gasteiger partial charge in [-0.3, -0.25) is 9.69 Å². The van der Waals surface area contributed by atoms with Gasteiger partial charge in [0.2, 0.25) is 0 Å². The SMILES string of the molecule is C/C=C/c1ccc(OCC(O)CN2C(=O)NC(C)(c3ccc(C)cc3)C2=O)c(OC)c1. The number of urea groups is 1. The first-order valence-corrected chi connectivity index (χ1v) is 10.1. The number of amides is 3. The lowest BCUT2D eigenvalue weighted by Crippen LogP contribution is -2.42. The van der Waals surface area contributed by atoms with Crippen molar-refractivity contribution in [3.63, 3.8) is 0 Å². The highest BCUT2D eigenvalue weighted by Gasteiger charge is 2.49. The second-order valence-electron chi connectivity index (χ2n) is 7.71. The number of aliphatic hydroxyl groups is 1. The summed E-state index contributed by atoms with van der Waals surface area (Å²) in [5, 5.41) is 13.2. The molecule has 7 nitrogen and oxygen atoms in total. The molecule has 2 N–H and O–H groups in total. The number of hydrogen-bond donors (Lipinski definition) is 2. The molecule has 0 aromatic heterocycles. The molecule has 31 heavy (non-hydrogen) atoms. The first-order valence-electron chi connectivity index (χ1n) is 10.1. The molecule has 3 rings (SSSR count). The number of nitrogens with one attached hydrogen (secondary N) is 1. The number of β-amino-alcohol motifs (C(OH)–C–C–N with tert-alkyl or cyclic N) is 1. The van der Waals surface area contributed by atoms with Crippen LogP contribution in [0.4, 0.5) is 4.79 Å². The maximum absolute atomic E-state index is 13.0. The Morgan fingerprint density at radius 1 is 1.16 bits per heavy atom. The van der Waals surface area contributed by atoms with Crippen LogP contribution in [-0.4, -0.2) is 48.3 Å². The van der Waals surface area contributed by atoms with Gasteiger partial charge in [0.05, 0.1) is 13.7 Å². The largest absolute Gasteiger partial charge is 0.493 e. The molecule has 1 aliphatic heterocycles. The Kier molecular flexibility index (Phi) is 6.65. The summed E-state index contributed by atoms with van der Waals surface area (Å²) in [5.74, 6) is 0.593.